The quantitative estimate of drug-likeness (QED) is 0.667. The van der Waals surface area contributed by atoms with Crippen LogP contribution < -0.4 is 15.5 Å². The van der Waals surface area contributed by atoms with Crippen molar-refractivity contribution in [1.82, 2.24) is 20.1 Å². The Morgan fingerprint density at radius 3 is 2.52 bits per heavy atom. The van der Waals surface area contributed by atoms with Crippen molar-refractivity contribution in [3.05, 3.63) is 66.1 Å². The number of halogens is 1. The van der Waals surface area contributed by atoms with Crippen LogP contribution in [-0.2, 0) is 6.54 Å². The largest absolute Gasteiger partial charge is 0.369 e. The summed E-state index contributed by atoms with van der Waals surface area (Å²) in [6, 6.07) is 14.9. The summed E-state index contributed by atoms with van der Waals surface area (Å²) in [7, 11) is 2.15. The van der Waals surface area contributed by atoms with Crippen LogP contribution in [0, 0.1) is 5.82 Å². The lowest BCUT2D eigenvalue weighted by Gasteiger charge is -2.34. The van der Waals surface area contributed by atoms with Gasteiger partial charge < -0.3 is 20.4 Å². The Balaban J connectivity index is 1.37. The zero-order valence-electron chi connectivity index (χ0n) is 16.3. The summed E-state index contributed by atoms with van der Waals surface area (Å²) in [5, 5.41) is 14.2. The van der Waals surface area contributed by atoms with E-state index in [0.29, 0.717) is 17.3 Å². The number of benzene rings is 2. The van der Waals surface area contributed by atoms with Crippen molar-refractivity contribution in [1.29, 1.82) is 0 Å². The number of anilines is 4. The third kappa shape index (κ3) is 4.97. The van der Waals surface area contributed by atoms with E-state index in [-0.39, 0.29) is 12.4 Å². The van der Waals surface area contributed by atoms with Gasteiger partial charge in [-0.15, -0.1) is 5.10 Å². The number of aromatic nitrogens is 3. The highest BCUT2D eigenvalue weighted by molar-refractivity contribution is 5.61. The predicted octanol–water partition coefficient (Wildman–Crippen LogP) is 3.12. The molecule has 2 N–H and O–H groups in total. The first-order valence-electron chi connectivity index (χ1n) is 9.65. The number of piperazine rings is 1. The predicted molar refractivity (Wildman–Crippen MR) is 113 cm³/mol. The first-order chi connectivity index (χ1) is 14.2. The van der Waals surface area contributed by atoms with Gasteiger partial charge in [0.05, 0.1) is 6.20 Å². The van der Waals surface area contributed by atoms with E-state index in [1.54, 1.807) is 24.4 Å². The molecule has 2 heterocycles. The van der Waals surface area contributed by atoms with Gasteiger partial charge >= 0.3 is 0 Å². The van der Waals surface area contributed by atoms with Crippen molar-refractivity contribution < 1.29 is 4.39 Å². The Bertz CT molecular complexity index is 940. The Hall–Kier alpha value is -3.26. The van der Waals surface area contributed by atoms with E-state index in [4.69, 9.17) is 0 Å². The second-order valence-electron chi connectivity index (χ2n) is 7.07. The molecule has 1 aliphatic rings. The first-order valence-corrected chi connectivity index (χ1v) is 9.65. The molecule has 0 amide bonds. The van der Waals surface area contributed by atoms with Gasteiger partial charge in [-0.1, -0.05) is 18.2 Å². The van der Waals surface area contributed by atoms with Crippen LogP contribution in [0.25, 0.3) is 0 Å². The van der Waals surface area contributed by atoms with E-state index in [1.807, 2.05) is 12.1 Å². The number of hydrogen-bond donors (Lipinski definition) is 2. The molecule has 3 aromatic rings. The highest BCUT2D eigenvalue weighted by atomic mass is 19.1. The number of nitrogens with one attached hydrogen (secondary N) is 2. The van der Waals surface area contributed by atoms with E-state index in [0.717, 1.165) is 31.9 Å². The molecule has 1 aromatic heterocycles. The molecule has 2 aromatic carbocycles. The van der Waals surface area contributed by atoms with E-state index < -0.39 is 0 Å². The molecule has 1 fully saturated rings. The molecule has 7 nitrogen and oxygen atoms in total. The van der Waals surface area contributed by atoms with E-state index in [1.165, 1.54) is 11.8 Å². The molecule has 0 aliphatic carbocycles. The molecule has 1 saturated heterocycles. The molecule has 8 heteroatoms. The average Bonchev–Trinajstić information content (AvgIpc) is 2.75. The lowest BCUT2D eigenvalue weighted by atomic mass is 10.2. The molecule has 0 unspecified atom stereocenters. The van der Waals surface area contributed by atoms with Crippen molar-refractivity contribution in [2.75, 3.05) is 48.8 Å². The minimum atomic E-state index is -0.261. The summed E-state index contributed by atoms with van der Waals surface area (Å²) >= 11 is 0. The van der Waals surface area contributed by atoms with Gasteiger partial charge in [0.15, 0.2) is 5.82 Å². The van der Waals surface area contributed by atoms with Crippen molar-refractivity contribution in [2.45, 2.75) is 6.54 Å². The number of nitrogens with zero attached hydrogens (tertiary/aromatic N) is 5. The Morgan fingerprint density at radius 2 is 1.76 bits per heavy atom. The van der Waals surface area contributed by atoms with Crippen LogP contribution in [-0.4, -0.2) is 53.3 Å². The molecule has 0 atom stereocenters. The van der Waals surface area contributed by atoms with Gasteiger partial charge in [-0.05, 0) is 37.4 Å². The maximum absolute atomic E-state index is 13.7. The van der Waals surface area contributed by atoms with Gasteiger partial charge in [0.1, 0.15) is 5.82 Å². The molecule has 150 valence electrons. The number of likely N-dealkylation sites (N-methyl/N-ethyl adjacent to an activating group) is 1. The van der Waals surface area contributed by atoms with Crippen molar-refractivity contribution in [3.63, 3.8) is 0 Å². The third-order valence-electron chi connectivity index (χ3n) is 4.96. The van der Waals surface area contributed by atoms with Crippen LogP contribution in [0.4, 0.5) is 27.5 Å². The minimum absolute atomic E-state index is 0.261. The summed E-state index contributed by atoms with van der Waals surface area (Å²) in [6.07, 6.45) is 1.56. The molecular weight excluding hydrogens is 369 g/mol. The fourth-order valence-corrected chi connectivity index (χ4v) is 3.22. The molecule has 1 aliphatic heterocycles. The normalized spacial score (nSPS) is 14.6. The molecular formula is C21H24FN7. The smallest absolute Gasteiger partial charge is 0.244 e. The van der Waals surface area contributed by atoms with E-state index in [2.05, 4.69) is 54.8 Å². The topological polar surface area (TPSA) is 69.2 Å². The maximum atomic E-state index is 13.7. The SMILES string of the molecule is CN1CCN(c2ccc(Nc3cnnc(NCc4ccccc4F)n3)cc2)CC1. The fraction of sp³-hybridized carbons (Fsp3) is 0.286. The lowest BCUT2D eigenvalue weighted by Crippen LogP contribution is -2.44. The van der Waals surface area contributed by atoms with Crippen LogP contribution >= 0.6 is 0 Å². The second kappa shape index (κ2) is 8.83. The summed E-state index contributed by atoms with van der Waals surface area (Å²) in [5.74, 6) is 0.651. The molecule has 0 radical (unpaired) electrons. The van der Waals surface area contributed by atoms with E-state index >= 15 is 0 Å². The average molecular weight is 393 g/mol. The van der Waals surface area contributed by atoms with Crippen LogP contribution in [0.2, 0.25) is 0 Å². The van der Waals surface area contributed by atoms with Crippen LogP contribution in [0.5, 0.6) is 0 Å². The van der Waals surface area contributed by atoms with Gasteiger partial charge in [-0.3, -0.25) is 0 Å². The summed E-state index contributed by atoms with van der Waals surface area (Å²) in [5.41, 5.74) is 2.69. The van der Waals surface area contributed by atoms with Crippen LogP contribution in [0.1, 0.15) is 5.56 Å². The third-order valence-corrected chi connectivity index (χ3v) is 4.96. The van der Waals surface area contributed by atoms with Crippen molar-refractivity contribution in [2.24, 2.45) is 0 Å². The molecule has 29 heavy (non-hydrogen) atoms. The minimum Gasteiger partial charge on any atom is -0.369 e. The summed E-state index contributed by atoms with van der Waals surface area (Å²) in [6.45, 7) is 4.52. The second-order valence-corrected chi connectivity index (χ2v) is 7.07. The van der Waals surface area contributed by atoms with Crippen molar-refractivity contribution in [3.8, 4) is 0 Å². The monoisotopic (exact) mass is 393 g/mol. The Morgan fingerprint density at radius 1 is 1.00 bits per heavy atom. The molecule has 0 saturated carbocycles. The summed E-state index contributed by atoms with van der Waals surface area (Å²) < 4.78 is 13.7. The Labute approximate surface area is 169 Å². The van der Waals surface area contributed by atoms with Gasteiger partial charge in [0, 0.05) is 49.7 Å². The molecule has 4 rings (SSSR count). The fourth-order valence-electron chi connectivity index (χ4n) is 3.22. The van der Waals surface area contributed by atoms with Gasteiger partial charge in [-0.25, -0.2) is 4.39 Å². The highest BCUT2D eigenvalue weighted by Gasteiger charge is 2.14. The van der Waals surface area contributed by atoms with Gasteiger partial charge in [-0.2, -0.15) is 10.1 Å². The van der Waals surface area contributed by atoms with Gasteiger partial charge in [0.2, 0.25) is 5.95 Å². The lowest BCUT2D eigenvalue weighted by molar-refractivity contribution is 0.313. The van der Waals surface area contributed by atoms with Gasteiger partial charge in [0.25, 0.3) is 0 Å². The van der Waals surface area contributed by atoms with E-state index in [9.17, 15) is 4.39 Å². The standard InChI is InChI=1S/C21H24FN7/c1-28-10-12-29(13-11-28)18-8-6-17(7-9-18)25-20-15-24-27-21(26-20)23-14-16-4-2-3-5-19(16)22/h2-9,15H,10-14H2,1H3,(H2,23,25,26,27). The molecule has 0 spiro atoms. The van der Waals surface area contributed by atoms with Crippen LogP contribution in [0.15, 0.2) is 54.7 Å². The Kier molecular flexibility index (Phi) is 5.81. The summed E-state index contributed by atoms with van der Waals surface area (Å²) in [4.78, 5) is 9.13. The highest BCUT2D eigenvalue weighted by Crippen LogP contribution is 2.21. The zero-order chi connectivity index (χ0) is 20.1. The number of hydrogen-bond acceptors (Lipinski definition) is 7. The maximum Gasteiger partial charge on any atom is 0.244 e. The first kappa shape index (κ1) is 19.1. The zero-order valence-corrected chi connectivity index (χ0v) is 16.3. The molecule has 0 bridgehead atoms. The number of rotatable bonds is 6. The van der Waals surface area contributed by atoms with Crippen molar-refractivity contribution >= 4 is 23.1 Å². The van der Waals surface area contributed by atoms with Crippen LogP contribution in [0.3, 0.4) is 0 Å².